The van der Waals surface area contributed by atoms with Crippen LogP contribution in [0.2, 0.25) is 0 Å². The fourth-order valence-corrected chi connectivity index (χ4v) is 3.59. The lowest BCUT2D eigenvalue weighted by Crippen LogP contribution is -2.42. The molecule has 4 rings (SSSR count). The number of para-hydroxylation sites is 1. The van der Waals surface area contributed by atoms with Crippen LogP contribution in [0.4, 0.5) is 4.79 Å². The maximum absolute atomic E-state index is 13.4. The Morgan fingerprint density at radius 2 is 1.65 bits per heavy atom. The number of amides is 1. The first-order valence-corrected chi connectivity index (χ1v) is 10.7. The molecule has 1 heterocycles. The minimum atomic E-state index is -1.21. The van der Waals surface area contributed by atoms with E-state index in [1.807, 2.05) is 30.3 Å². The van der Waals surface area contributed by atoms with Crippen LogP contribution >= 0.6 is 0 Å². The van der Waals surface area contributed by atoms with Gasteiger partial charge in [-0.1, -0.05) is 30.3 Å². The Labute approximate surface area is 197 Å². The van der Waals surface area contributed by atoms with Gasteiger partial charge in [0.15, 0.2) is 6.10 Å². The van der Waals surface area contributed by atoms with Crippen molar-refractivity contribution in [3.8, 4) is 23.0 Å². The number of alkyl carbamates (subject to hydrolysis) is 1. The van der Waals surface area contributed by atoms with Crippen molar-refractivity contribution < 1.29 is 33.3 Å². The number of ketones is 1. The summed E-state index contributed by atoms with van der Waals surface area (Å²) in [5.74, 6) is 1.78. The molecular weight excluding hydrogens is 438 g/mol. The van der Waals surface area contributed by atoms with Crippen LogP contribution in [-0.4, -0.2) is 45.4 Å². The van der Waals surface area contributed by atoms with Gasteiger partial charge in [-0.15, -0.1) is 0 Å². The van der Waals surface area contributed by atoms with Gasteiger partial charge in [0.05, 0.1) is 26.3 Å². The predicted molar refractivity (Wildman–Crippen MR) is 124 cm³/mol. The summed E-state index contributed by atoms with van der Waals surface area (Å²) in [6.45, 7) is 0.442. The standard InChI is InChI=1S/C26H25NO7/c1-30-19-10-6-7-17(15-19)24-25(23(28)21-16-20(31-2)11-12-22(21)33-24)34-26(29)27-13-14-32-18-8-4-3-5-9-18/h3-12,15-16,24-25H,13-14H2,1-2H3,(H,27,29)/t24-,25+/m0/s1. The van der Waals surface area contributed by atoms with Crippen molar-refractivity contribution in [3.63, 3.8) is 0 Å². The number of Topliss-reactive ketones (excluding diaryl/α,β-unsaturated/α-hetero) is 1. The zero-order valence-electron chi connectivity index (χ0n) is 18.9. The van der Waals surface area contributed by atoms with Crippen LogP contribution in [0.15, 0.2) is 72.8 Å². The van der Waals surface area contributed by atoms with E-state index < -0.39 is 18.3 Å². The van der Waals surface area contributed by atoms with E-state index in [0.717, 1.165) is 0 Å². The molecule has 3 aromatic rings. The molecule has 0 aliphatic carbocycles. The molecule has 34 heavy (non-hydrogen) atoms. The van der Waals surface area contributed by atoms with E-state index in [-0.39, 0.29) is 24.5 Å². The number of benzene rings is 3. The maximum atomic E-state index is 13.4. The quantitative estimate of drug-likeness (QED) is 0.501. The van der Waals surface area contributed by atoms with E-state index in [1.165, 1.54) is 7.11 Å². The number of nitrogens with one attached hydrogen (secondary N) is 1. The summed E-state index contributed by atoms with van der Waals surface area (Å²) >= 11 is 0. The Kier molecular flexibility index (Phi) is 7.17. The van der Waals surface area contributed by atoms with Crippen LogP contribution in [0.25, 0.3) is 0 Å². The van der Waals surface area contributed by atoms with E-state index in [9.17, 15) is 9.59 Å². The molecule has 0 spiro atoms. The Bertz CT molecular complexity index is 1150. The van der Waals surface area contributed by atoms with Gasteiger partial charge in [-0.05, 0) is 42.5 Å². The Balaban J connectivity index is 1.50. The lowest BCUT2D eigenvalue weighted by atomic mass is 9.93. The summed E-state index contributed by atoms with van der Waals surface area (Å²) in [7, 11) is 3.06. The summed E-state index contributed by atoms with van der Waals surface area (Å²) < 4.78 is 27.8. The van der Waals surface area contributed by atoms with E-state index in [0.29, 0.717) is 28.6 Å². The average molecular weight is 463 g/mol. The maximum Gasteiger partial charge on any atom is 0.408 e. The summed E-state index contributed by atoms with van der Waals surface area (Å²) in [5, 5.41) is 2.62. The zero-order chi connectivity index (χ0) is 23.9. The molecule has 1 aliphatic rings. The molecule has 0 saturated heterocycles. The molecule has 8 nitrogen and oxygen atoms in total. The number of methoxy groups -OCH3 is 2. The van der Waals surface area contributed by atoms with Crippen LogP contribution in [0.1, 0.15) is 22.0 Å². The van der Waals surface area contributed by atoms with E-state index >= 15 is 0 Å². The number of carbonyl (C=O) groups is 2. The first kappa shape index (κ1) is 23.0. The number of fused-ring (bicyclic) bond motifs is 1. The van der Waals surface area contributed by atoms with Crippen molar-refractivity contribution in [2.75, 3.05) is 27.4 Å². The molecule has 0 bridgehead atoms. The molecule has 8 heteroatoms. The molecule has 0 saturated carbocycles. The Morgan fingerprint density at radius 3 is 2.41 bits per heavy atom. The molecule has 176 valence electrons. The minimum Gasteiger partial charge on any atom is -0.497 e. The molecule has 0 radical (unpaired) electrons. The van der Waals surface area contributed by atoms with Gasteiger partial charge in [-0.2, -0.15) is 0 Å². The summed E-state index contributed by atoms with van der Waals surface area (Å²) in [6.07, 6.45) is -2.81. The van der Waals surface area contributed by atoms with Gasteiger partial charge in [-0.25, -0.2) is 4.79 Å². The van der Waals surface area contributed by atoms with Crippen molar-refractivity contribution >= 4 is 11.9 Å². The number of hydrogen-bond acceptors (Lipinski definition) is 7. The number of hydrogen-bond donors (Lipinski definition) is 1. The van der Waals surface area contributed by atoms with Crippen molar-refractivity contribution in [2.24, 2.45) is 0 Å². The van der Waals surface area contributed by atoms with E-state index in [2.05, 4.69) is 5.32 Å². The van der Waals surface area contributed by atoms with Crippen LogP contribution in [0.5, 0.6) is 23.0 Å². The fraction of sp³-hybridized carbons (Fsp3) is 0.231. The lowest BCUT2D eigenvalue weighted by Gasteiger charge is -2.32. The van der Waals surface area contributed by atoms with Crippen molar-refractivity contribution in [1.29, 1.82) is 0 Å². The van der Waals surface area contributed by atoms with E-state index in [1.54, 1.807) is 49.6 Å². The fourth-order valence-electron chi connectivity index (χ4n) is 3.59. The molecular formula is C26H25NO7. The van der Waals surface area contributed by atoms with Gasteiger partial charge in [0, 0.05) is 5.56 Å². The van der Waals surface area contributed by atoms with Crippen molar-refractivity contribution in [1.82, 2.24) is 5.32 Å². The summed E-state index contributed by atoms with van der Waals surface area (Å²) in [5.41, 5.74) is 0.920. The Morgan fingerprint density at radius 1 is 0.912 bits per heavy atom. The topological polar surface area (TPSA) is 92.3 Å². The minimum absolute atomic E-state index is 0.198. The second-order valence-electron chi connectivity index (χ2n) is 7.46. The second kappa shape index (κ2) is 10.6. The van der Waals surface area contributed by atoms with Gasteiger partial charge in [-0.3, -0.25) is 4.79 Å². The first-order chi connectivity index (χ1) is 16.6. The van der Waals surface area contributed by atoms with Gasteiger partial charge in [0.1, 0.15) is 29.6 Å². The summed E-state index contributed by atoms with van der Waals surface area (Å²) in [6, 6.07) is 21.3. The average Bonchev–Trinajstić information content (AvgIpc) is 2.88. The number of ether oxygens (including phenoxy) is 5. The van der Waals surface area contributed by atoms with Crippen LogP contribution < -0.4 is 24.3 Å². The predicted octanol–water partition coefficient (Wildman–Crippen LogP) is 4.19. The zero-order valence-corrected chi connectivity index (χ0v) is 18.9. The SMILES string of the molecule is COc1cccc([C@@H]2Oc3ccc(OC)cc3C(=O)[C@H]2OC(=O)NCCOc2ccccc2)c1. The van der Waals surface area contributed by atoms with Crippen LogP contribution in [-0.2, 0) is 4.74 Å². The molecule has 3 aromatic carbocycles. The normalized spacial score (nSPS) is 16.6. The van der Waals surface area contributed by atoms with Gasteiger partial charge in [0.2, 0.25) is 11.9 Å². The van der Waals surface area contributed by atoms with Crippen LogP contribution in [0, 0.1) is 0 Å². The highest BCUT2D eigenvalue weighted by Crippen LogP contribution is 2.39. The van der Waals surface area contributed by atoms with E-state index in [4.69, 9.17) is 23.7 Å². The monoisotopic (exact) mass is 463 g/mol. The number of rotatable bonds is 8. The molecule has 1 N–H and O–H groups in total. The highest BCUT2D eigenvalue weighted by Gasteiger charge is 2.41. The molecule has 1 aliphatic heterocycles. The van der Waals surface area contributed by atoms with Crippen LogP contribution in [0.3, 0.4) is 0 Å². The van der Waals surface area contributed by atoms with Gasteiger partial charge >= 0.3 is 6.09 Å². The van der Waals surface area contributed by atoms with Gasteiger partial charge in [0.25, 0.3) is 0 Å². The van der Waals surface area contributed by atoms with Crippen molar-refractivity contribution in [3.05, 3.63) is 83.9 Å². The summed E-state index contributed by atoms with van der Waals surface area (Å²) in [4.78, 5) is 25.9. The third-order valence-corrected chi connectivity index (χ3v) is 5.28. The molecule has 1 amide bonds. The Hall–Kier alpha value is -4.20. The number of carbonyl (C=O) groups excluding carboxylic acids is 2. The molecule has 0 aromatic heterocycles. The first-order valence-electron chi connectivity index (χ1n) is 10.7. The highest BCUT2D eigenvalue weighted by molar-refractivity contribution is 6.04. The molecule has 2 atom stereocenters. The lowest BCUT2D eigenvalue weighted by molar-refractivity contribution is 0.00882. The third-order valence-electron chi connectivity index (χ3n) is 5.28. The van der Waals surface area contributed by atoms with Gasteiger partial charge < -0.3 is 29.0 Å². The third kappa shape index (κ3) is 5.23. The second-order valence-corrected chi connectivity index (χ2v) is 7.46. The van der Waals surface area contributed by atoms with Crippen molar-refractivity contribution in [2.45, 2.75) is 12.2 Å². The smallest absolute Gasteiger partial charge is 0.408 e. The molecule has 0 fully saturated rings. The highest BCUT2D eigenvalue weighted by atomic mass is 16.6. The molecule has 0 unspecified atom stereocenters. The largest absolute Gasteiger partial charge is 0.497 e.